The standard InChI is InChI=1S/C27H27F4N5O5S2.ClH/c1-5-13(2)21(32)24(39)41-12-36-18(14-6-7-16(17(28)8-14)27(29,30)31)11-43-25(36)33-19(37)9-15-10-42-23-20(15)22(38)34(3)26(40)35(23)4;/h6-8,10-11,13,21H,5,9,12,32H2,1-4H3;1H/t13?,21-;/m0./s1. The first-order chi connectivity index (χ1) is 20.1. The zero-order chi connectivity index (χ0) is 31.8. The van der Waals surface area contributed by atoms with Gasteiger partial charge in [-0.1, -0.05) is 26.3 Å². The minimum absolute atomic E-state index is 0. The van der Waals surface area contributed by atoms with E-state index in [-0.39, 0.29) is 46.2 Å². The fourth-order valence-corrected chi connectivity index (χ4v) is 6.19. The number of nitrogens with zero attached hydrogens (tertiary/aromatic N) is 4. The van der Waals surface area contributed by atoms with Gasteiger partial charge in [-0.3, -0.25) is 28.1 Å². The van der Waals surface area contributed by atoms with Gasteiger partial charge in [0.15, 0.2) is 11.5 Å². The third-order valence-corrected chi connectivity index (χ3v) is 9.01. The van der Waals surface area contributed by atoms with E-state index in [4.69, 9.17) is 10.5 Å². The summed E-state index contributed by atoms with van der Waals surface area (Å²) in [6.07, 6.45) is -4.61. The van der Waals surface area contributed by atoms with Crippen LogP contribution in [0.1, 0.15) is 31.4 Å². The Kier molecular flexibility index (Phi) is 10.8. The number of ether oxygens (including phenoxy) is 1. The highest BCUT2D eigenvalue weighted by Gasteiger charge is 2.34. The van der Waals surface area contributed by atoms with Crippen LogP contribution in [-0.2, 0) is 47.7 Å². The Morgan fingerprint density at radius 3 is 2.41 bits per heavy atom. The Hall–Kier alpha value is -3.60. The molecule has 0 aliphatic heterocycles. The lowest BCUT2D eigenvalue weighted by Gasteiger charge is -2.18. The van der Waals surface area contributed by atoms with Crippen LogP contribution in [0.15, 0.2) is 43.5 Å². The van der Waals surface area contributed by atoms with Crippen LogP contribution in [-0.4, -0.2) is 31.6 Å². The molecule has 0 saturated carbocycles. The number of amides is 1. The molecule has 0 radical (unpaired) electrons. The number of aromatic nitrogens is 3. The fourth-order valence-electron chi connectivity index (χ4n) is 4.25. The van der Waals surface area contributed by atoms with Crippen LogP contribution in [0.4, 0.5) is 17.6 Å². The van der Waals surface area contributed by atoms with Crippen molar-refractivity contribution in [1.29, 1.82) is 0 Å². The molecule has 17 heteroatoms. The molecule has 0 saturated heterocycles. The first kappa shape index (κ1) is 34.9. The van der Waals surface area contributed by atoms with Gasteiger partial charge >= 0.3 is 17.8 Å². The predicted octanol–water partition coefficient (Wildman–Crippen LogP) is 3.95. The maximum Gasteiger partial charge on any atom is 0.419 e. The molecule has 2 N–H and O–H groups in total. The molecular formula is C27H28ClF4N5O5S2. The third kappa shape index (κ3) is 6.87. The van der Waals surface area contributed by atoms with Gasteiger partial charge in [-0.25, -0.2) is 9.18 Å². The first-order valence-electron chi connectivity index (χ1n) is 12.9. The Morgan fingerprint density at radius 2 is 1.80 bits per heavy atom. The predicted molar refractivity (Wildman–Crippen MR) is 160 cm³/mol. The maximum absolute atomic E-state index is 14.4. The molecule has 0 spiro atoms. The van der Waals surface area contributed by atoms with Gasteiger partial charge in [0.1, 0.15) is 16.7 Å². The van der Waals surface area contributed by atoms with E-state index < -0.39 is 53.5 Å². The highest BCUT2D eigenvalue weighted by Crippen LogP contribution is 2.33. The molecule has 10 nitrogen and oxygen atoms in total. The topological polar surface area (TPSA) is 131 Å². The highest BCUT2D eigenvalue weighted by atomic mass is 35.5. The molecule has 3 aromatic heterocycles. The van der Waals surface area contributed by atoms with Gasteiger partial charge in [-0.2, -0.15) is 18.2 Å². The zero-order valence-electron chi connectivity index (χ0n) is 23.8. The number of benzene rings is 1. The van der Waals surface area contributed by atoms with Crippen molar-refractivity contribution >= 4 is 57.2 Å². The van der Waals surface area contributed by atoms with Gasteiger partial charge in [-0.05, 0) is 29.0 Å². The van der Waals surface area contributed by atoms with E-state index in [0.717, 1.165) is 33.3 Å². The number of carbonyl (C=O) groups excluding carboxylic acids is 2. The average Bonchev–Trinajstić information content (AvgIpc) is 3.55. The number of hydrogen-bond donors (Lipinski definition) is 1. The molecule has 238 valence electrons. The Morgan fingerprint density at radius 1 is 1.11 bits per heavy atom. The number of nitrogens with two attached hydrogens (primary N) is 1. The van der Waals surface area contributed by atoms with Crippen molar-refractivity contribution in [2.24, 2.45) is 30.7 Å². The van der Waals surface area contributed by atoms with Crippen molar-refractivity contribution in [3.63, 3.8) is 0 Å². The second kappa shape index (κ2) is 13.6. The van der Waals surface area contributed by atoms with E-state index >= 15 is 0 Å². The SMILES string of the molecule is CCC(C)[C@H](N)C(=O)OCn1c(-c2ccc(C(F)(F)F)c(F)c2)csc1=NC(=O)Cc1csc2c1c(=O)n(C)c(=O)n2C.Cl. The van der Waals surface area contributed by atoms with Crippen molar-refractivity contribution in [2.75, 3.05) is 0 Å². The van der Waals surface area contributed by atoms with E-state index in [1.54, 1.807) is 12.3 Å². The number of thiophene rings is 1. The molecule has 1 unspecified atom stereocenters. The smallest absolute Gasteiger partial charge is 0.419 e. The maximum atomic E-state index is 14.4. The second-order valence-corrected chi connectivity index (χ2v) is 11.6. The Balaban J connectivity index is 0.00000529. The van der Waals surface area contributed by atoms with Crippen molar-refractivity contribution in [2.45, 2.75) is 45.6 Å². The molecule has 0 bridgehead atoms. The normalized spacial score (nSPS) is 13.5. The van der Waals surface area contributed by atoms with Crippen molar-refractivity contribution in [1.82, 2.24) is 13.7 Å². The number of esters is 1. The van der Waals surface area contributed by atoms with E-state index in [9.17, 15) is 36.7 Å². The third-order valence-electron chi connectivity index (χ3n) is 7.04. The quantitative estimate of drug-likeness (QED) is 0.222. The van der Waals surface area contributed by atoms with Crippen LogP contribution in [0.25, 0.3) is 21.5 Å². The molecule has 1 amide bonds. The number of thiazole rings is 1. The summed E-state index contributed by atoms with van der Waals surface area (Å²) in [5.41, 5.74) is 3.93. The number of halogens is 5. The average molecular weight is 678 g/mol. The molecule has 4 aromatic rings. The van der Waals surface area contributed by atoms with Crippen LogP contribution in [0.3, 0.4) is 0 Å². The summed E-state index contributed by atoms with van der Waals surface area (Å²) in [7, 11) is 2.83. The molecule has 2 atom stereocenters. The molecule has 1 aromatic carbocycles. The monoisotopic (exact) mass is 677 g/mol. The number of rotatable bonds is 8. The lowest BCUT2D eigenvalue weighted by atomic mass is 10.0. The number of alkyl halides is 3. The van der Waals surface area contributed by atoms with Crippen molar-refractivity contribution in [3.8, 4) is 11.3 Å². The van der Waals surface area contributed by atoms with Gasteiger partial charge in [0.25, 0.3) is 11.5 Å². The number of aryl methyl sites for hydroxylation is 1. The van der Waals surface area contributed by atoms with Crippen LogP contribution in [0, 0.1) is 11.7 Å². The fraction of sp³-hybridized carbons (Fsp3) is 0.370. The van der Waals surface area contributed by atoms with Gasteiger partial charge in [0, 0.05) is 25.0 Å². The number of hydrogen-bond acceptors (Lipinski definition) is 8. The van der Waals surface area contributed by atoms with Gasteiger partial charge < -0.3 is 10.5 Å². The van der Waals surface area contributed by atoms with E-state index in [2.05, 4.69) is 4.99 Å². The molecule has 0 fully saturated rings. The summed E-state index contributed by atoms with van der Waals surface area (Å²) >= 11 is 2.03. The molecular weight excluding hydrogens is 650 g/mol. The van der Waals surface area contributed by atoms with E-state index in [1.807, 2.05) is 6.92 Å². The minimum Gasteiger partial charge on any atom is -0.443 e. The lowest BCUT2D eigenvalue weighted by molar-refractivity contribution is -0.150. The molecule has 3 heterocycles. The minimum atomic E-state index is -4.90. The van der Waals surface area contributed by atoms with E-state index in [0.29, 0.717) is 28.9 Å². The lowest BCUT2D eigenvalue weighted by Crippen LogP contribution is -2.38. The van der Waals surface area contributed by atoms with Crippen molar-refractivity contribution in [3.05, 3.63) is 71.5 Å². The highest BCUT2D eigenvalue weighted by molar-refractivity contribution is 7.17. The Bertz CT molecular complexity index is 1910. The van der Waals surface area contributed by atoms with Crippen LogP contribution in [0.2, 0.25) is 0 Å². The summed E-state index contributed by atoms with van der Waals surface area (Å²) in [5.74, 6) is -3.16. The van der Waals surface area contributed by atoms with Crippen LogP contribution >= 0.6 is 35.1 Å². The summed E-state index contributed by atoms with van der Waals surface area (Å²) in [6.45, 7) is 3.09. The first-order valence-corrected chi connectivity index (χ1v) is 14.6. The molecule has 44 heavy (non-hydrogen) atoms. The summed E-state index contributed by atoms with van der Waals surface area (Å²) < 4.78 is 62.7. The summed E-state index contributed by atoms with van der Waals surface area (Å²) in [5, 5.41) is 3.21. The number of carbonyl (C=O) groups is 2. The van der Waals surface area contributed by atoms with Crippen molar-refractivity contribution < 1.29 is 31.9 Å². The van der Waals surface area contributed by atoms with Crippen LogP contribution < -0.4 is 21.8 Å². The molecule has 0 aliphatic rings. The summed E-state index contributed by atoms with van der Waals surface area (Å²) in [6, 6.07) is 1.38. The molecule has 4 rings (SSSR count). The second-order valence-electron chi connectivity index (χ2n) is 9.86. The van der Waals surface area contributed by atoms with Crippen LogP contribution in [0.5, 0.6) is 0 Å². The van der Waals surface area contributed by atoms with Gasteiger partial charge in [0.2, 0.25) is 0 Å². The number of fused-ring (bicyclic) bond motifs is 1. The van der Waals surface area contributed by atoms with E-state index in [1.165, 1.54) is 28.6 Å². The molecule has 0 aliphatic carbocycles. The van der Waals surface area contributed by atoms with Gasteiger partial charge in [-0.15, -0.1) is 35.1 Å². The zero-order valence-corrected chi connectivity index (χ0v) is 26.3. The summed E-state index contributed by atoms with van der Waals surface area (Å²) in [4.78, 5) is 55.2. The van der Waals surface area contributed by atoms with Gasteiger partial charge in [0.05, 0.1) is 23.1 Å². The Labute approximate surface area is 261 Å². The largest absolute Gasteiger partial charge is 0.443 e.